The molecule has 0 bridgehead atoms. The van der Waals surface area contributed by atoms with Gasteiger partial charge >= 0.3 is 0 Å². The number of rotatable bonds is 9. The second-order valence-electron chi connectivity index (χ2n) is 8.66. The van der Waals surface area contributed by atoms with Crippen molar-refractivity contribution in [1.82, 2.24) is 4.90 Å². The van der Waals surface area contributed by atoms with Crippen molar-refractivity contribution < 1.29 is 24.3 Å². The topological polar surface area (TPSA) is 74.1 Å². The van der Waals surface area contributed by atoms with Gasteiger partial charge in [-0.2, -0.15) is 0 Å². The monoisotopic (exact) mass is 514 g/mol. The molecular formula is C26H31BrN2O4. The molecule has 1 aliphatic heterocycles. The van der Waals surface area contributed by atoms with E-state index in [4.69, 9.17) is 4.74 Å². The maximum absolute atomic E-state index is 13.6. The normalized spacial score (nSPS) is 17.8. The Morgan fingerprint density at radius 1 is 1.15 bits per heavy atom. The maximum Gasteiger partial charge on any atom is 0.295 e. The smallest absolute Gasteiger partial charge is 0.295 e. The molecule has 1 fully saturated rings. The maximum atomic E-state index is 13.6. The van der Waals surface area contributed by atoms with Gasteiger partial charge in [-0.15, -0.1) is 0 Å². The fourth-order valence-corrected chi connectivity index (χ4v) is 4.14. The second-order valence-corrected chi connectivity index (χ2v) is 9.58. The fourth-order valence-electron chi connectivity index (χ4n) is 3.87. The van der Waals surface area contributed by atoms with Gasteiger partial charge in [-0.3, -0.25) is 9.59 Å². The lowest BCUT2D eigenvalue weighted by molar-refractivity contribution is -0.857. The number of hydrogen-bond acceptors (Lipinski definition) is 4. The molecule has 176 valence electrons. The van der Waals surface area contributed by atoms with E-state index in [1.165, 1.54) is 4.90 Å². The summed E-state index contributed by atoms with van der Waals surface area (Å²) in [5.74, 6) is -1.03. The minimum Gasteiger partial charge on any atom is -0.872 e. The first-order chi connectivity index (χ1) is 15.7. The number of Topliss-reactive ketones (excluding diaryl/α,β-unsaturated/α-hetero) is 1. The summed E-state index contributed by atoms with van der Waals surface area (Å²) < 4.78 is 6.68. The van der Waals surface area contributed by atoms with Crippen LogP contribution in [0.25, 0.3) is 5.76 Å². The Hall–Kier alpha value is -2.64. The average Bonchev–Trinajstić information content (AvgIpc) is 3.03. The zero-order chi connectivity index (χ0) is 24.1. The predicted octanol–water partition coefficient (Wildman–Crippen LogP) is 2.30. The van der Waals surface area contributed by atoms with E-state index < -0.39 is 23.5 Å². The van der Waals surface area contributed by atoms with Crippen molar-refractivity contribution in [2.45, 2.75) is 32.7 Å². The van der Waals surface area contributed by atoms with Crippen LogP contribution in [0.2, 0.25) is 0 Å². The zero-order valence-electron chi connectivity index (χ0n) is 19.6. The molecule has 2 aromatic rings. The Bertz CT molecular complexity index is 1050. The number of likely N-dealkylation sites (tertiary alicyclic amines) is 1. The zero-order valence-corrected chi connectivity index (χ0v) is 21.2. The number of quaternary nitrogens is 1. The van der Waals surface area contributed by atoms with Crippen LogP contribution >= 0.6 is 15.9 Å². The van der Waals surface area contributed by atoms with Gasteiger partial charge in [0.1, 0.15) is 5.75 Å². The standard InChI is InChI=1S/C26H31BrN2O4/c1-5-6-15-33-21-12-9-19(16-17(21)2)24(30)22-23(18-7-10-20(27)11-8-18)29(14-13-28(3)4)26(32)25(22)31/h7-12,16,23,30H,5-6,13-15H2,1-4H3/b24-22+. The van der Waals surface area contributed by atoms with Crippen molar-refractivity contribution in [3.8, 4) is 5.75 Å². The van der Waals surface area contributed by atoms with E-state index in [1.807, 2.05) is 45.3 Å². The van der Waals surface area contributed by atoms with Crippen LogP contribution in [0, 0.1) is 6.92 Å². The summed E-state index contributed by atoms with van der Waals surface area (Å²) in [6.45, 7) is 5.64. The average molecular weight is 515 g/mol. The largest absolute Gasteiger partial charge is 0.872 e. The van der Waals surface area contributed by atoms with Crippen LogP contribution < -0.4 is 14.7 Å². The molecule has 1 saturated heterocycles. The third-order valence-corrected chi connectivity index (χ3v) is 6.29. The van der Waals surface area contributed by atoms with E-state index in [2.05, 4.69) is 22.9 Å². The van der Waals surface area contributed by atoms with Gasteiger partial charge in [-0.1, -0.05) is 53.2 Å². The minimum atomic E-state index is -0.720. The number of carbonyl (C=O) groups excluding carboxylic acids is 2. The Labute approximate surface area is 204 Å². The fraction of sp³-hybridized carbons (Fsp3) is 0.385. The van der Waals surface area contributed by atoms with E-state index in [1.54, 1.807) is 18.2 Å². The Morgan fingerprint density at radius 3 is 2.45 bits per heavy atom. The number of hydrogen-bond donors (Lipinski definition) is 1. The van der Waals surface area contributed by atoms with Crippen molar-refractivity contribution in [1.29, 1.82) is 0 Å². The van der Waals surface area contributed by atoms with Crippen molar-refractivity contribution in [2.75, 3.05) is 33.8 Å². The highest BCUT2D eigenvalue weighted by Gasteiger charge is 2.44. The van der Waals surface area contributed by atoms with Crippen molar-refractivity contribution in [3.63, 3.8) is 0 Å². The molecule has 1 heterocycles. The molecule has 0 aromatic heterocycles. The number of ether oxygens (including phenoxy) is 1. The molecule has 7 heteroatoms. The molecule has 1 atom stereocenters. The van der Waals surface area contributed by atoms with Crippen LogP contribution in [0.4, 0.5) is 0 Å². The number of amides is 1. The number of halogens is 1. The number of ketones is 1. The minimum absolute atomic E-state index is 0.00938. The number of aryl methyl sites for hydroxylation is 1. The summed E-state index contributed by atoms with van der Waals surface area (Å²) in [6.07, 6.45) is 1.99. The number of nitrogens with zero attached hydrogens (tertiary/aromatic N) is 1. The Morgan fingerprint density at radius 2 is 1.85 bits per heavy atom. The molecule has 1 aliphatic rings. The summed E-state index contributed by atoms with van der Waals surface area (Å²) in [6, 6.07) is 11.9. The van der Waals surface area contributed by atoms with Gasteiger partial charge in [0.15, 0.2) is 0 Å². The highest BCUT2D eigenvalue weighted by Crippen LogP contribution is 2.39. The van der Waals surface area contributed by atoms with Crippen LogP contribution in [0.3, 0.4) is 0 Å². The number of unbranched alkanes of at least 4 members (excludes halogenated alkanes) is 1. The summed E-state index contributed by atoms with van der Waals surface area (Å²) in [4.78, 5) is 28.7. The van der Waals surface area contributed by atoms with E-state index >= 15 is 0 Å². The highest BCUT2D eigenvalue weighted by molar-refractivity contribution is 9.10. The third kappa shape index (κ3) is 5.65. The van der Waals surface area contributed by atoms with Crippen molar-refractivity contribution in [3.05, 3.63) is 69.2 Å². The van der Waals surface area contributed by atoms with Gasteiger partial charge in [0.25, 0.3) is 5.91 Å². The molecule has 0 spiro atoms. The van der Waals surface area contributed by atoms with Gasteiger partial charge in [0, 0.05) is 10.0 Å². The number of benzene rings is 2. The molecule has 3 rings (SSSR count). The van der Waals surface area contributed by atoms with E-state index in [-0.39, 0.29) is 5.57 Å². The number of carbonyl (C=O) groups is 2. The summed E-state index contributed by atoms with van der Waals surface area (Å²) in [7, 11) is 3.97. The molecule has 1 unspecified atom stereocenters. The van der Waals surface area contributed by atoms with Crippen LogP contribution in [0.15, 0.2) is 52.5 Å². The first-order valence-corrected chi connectivity index (χ1v) is 12.1. The predicted molar refractivity (Wildman–Crippen MR) is 130 cm³/mol. The van der Waals surface area contributed by atoms with E-state index in [0.29, 0.717) is 25.3 Å². The van der Waals surface area contributed by atoms with E-state index in [9.17, 15) is 14.7 Å². The molecule has 0 aliphatic carbocycles. The van der Waals surface area contributed by atoms with Crippen LogP contribution in [0.1, 0.15) is 42.5 Å². The molecule has 6 nitrogen and oxygen atoms in total. The van der Waals surface area contributed by atoms with Crippen LogP contribution in [-0.2, 0) is 9.59 Å². The molecule has 1 amide bonds. The molecule has 0 radical (unpaired) electrons. The first kappa shape index (κ1) is 25.0. The lowest BCUT2D eigenvalue weighted by Crippen LogP contribution is -3.06. The SMILES string of the molecule is CCCCOc1ccc(/C([O-])=C2\C(=O)C(=O)N(CC[NH+](C)C)C2c2ccc(Br)cc2)cc1C. The van der Waals surface area contributed by atoms with Gasteiger partial charge in [-0.05, 0) is 54.3 Å². The van der Waals surface area contributed by atoms with Gasteiger partial charge in [0.05, 0.1) is 39.8 Å². The van der Waals surface area contributed by atoms with Crippen molar-refractivity contribution in [2.24, 2.45) is 0 Å². The van der Waals surface area contributed by atoms with Gasteiger partial charge in [0.2, 0.25) is 5.78 Å². The third-order valence-electron chi connectivity index (χ3n) is 5.76. The van der Waals surface area contributed by atoms with Crippen molar-refractivity contribution >= 4 is 33.4 Å². The van der Waals surface area contributed by atoms with E-state index in [0.717, 1.165) is 39.1 Å². The summed E-state index contributed by atoms with van der Waals surface area (Å²) in [5.41, 5.74) is 1.96. The quantitative estimate of drug-likeness (QED) is 0.241. The Balaban J connectivity index is 2.04. The molecule has 33 heavy (non-hydrogen) atoms. The lowest BCUT2D eigenvalue weighted by Gasteiger charge is -2.28. The lowest BCUT2D eigenvalue weighted by atomic mass is 9.95. The highest BCUT2D eigenvalue weighted by atomic mass is 79.9. The molecule has 2 aromatic carbocycles. The summed E-state index contributed by atoms with van der Waals surface area (Å²) in [5, 5.41) is 13.6. The number of likely N-dealkylation sites (N-methyl/N-ethyl adjacent to an activating group) is 1. The first-order valence-electron chi connectivity index (χ1n) is 11.3. The number of nitrogens with one attached hydrogen (secondary N) is 1. The molecule has 1 N–H and O–H groups in total. The van der Waals surface area contributed by atoms with Crippen LogP contribution in [0.5, 0.6) is 5.75 Å². The van der Waals surface area contributed by atoms with Gasteiger partial charge in [-0.25, -0.2) is 0 Å². The second kappa shape index (κ2) is 11.0. The Kier molecular flexibility index (Phi) is 8.32. The molecule has 0 saturated carbocycles. The van der Waals surface area contributed by atoms with Crippen LogP contribution in [-0.4, -0.2) is 50.4 Å². The molecular weight excluding hydrogens is 484 g/mol. The summed E-state index contributed by atoms with van der Waals surface area (Å²) >= 11 is 3.42. The van der Waals surface area contributed by atoms with Gasteiger partial charge < -0.3 is 19.6 Å².